The molecule has 1 saturated carbocycles. The van der Waals surface area contributed by atoms with Crippen LogP contribution in [0.25, 0.3) is 0 Å². The summed E-state index contributed by atoms with van der Waals surface area (Å²) in [5, 5.41) is 7.73. The standard InChI is InChI=1S/C18H26N4O5/c1-10(2)14(21-16(24)13-4-3-9-27-13)17(25)20-12-7-5-11(6-8-12)15(23)22-18(19)26/h3-4,9-12,14H,5-8H2,1-2H3,(H,20,25)(H,21,24)(H3,19,22,23,26)/t11?,12?,14-/m1/s1. The smallest absolute Gasteiger partial charge is 0.318 e. The first-order valence-corrected chi connectivity index (χ1v) is 9.03. The van der Waals surface area contributed by atoms with Gasteiger partial charge in [0.05, 0.1) is 6.26 Å². The number of nitrogens with two attached hydrogens (primary N) is 1. The third kappa shape index (κ3) is 5.83. The number of urea groups is 1. The van der Waals surface area contributed by atoms with E-state index in [2.05, 4.69) is 16.0 Å². The summed E-state index contributed by atoms with van der Waals surface area (Å²) in [6.45, 7) is 3.69. The summed E-state index contributed by atoms with van der Waals surface area (Å²) in [5.41, 5.74) is 4.96. The minimum absolute atomic E-state index is 0.0862. The van der Waals surface area contributed by atoms with E-state index in [1.807, 2.05) is 13.8 Å². The quantitative estimate of drug-likeness (QED) is 0.581. The third-order valence-electron chi connectivity index (χ3n) is 4.67. The normalized spacial score (nSPS) is 20.6. The zero-order valence-electron chi connectivity index (χ0n) is 15.5. The van der Waals surface area contributed by atoms with Gasteiger partial charge in [-0.25, -0.2) is 4.79 Å². The molecule has 1 aromatic heterocycles. The predicted molar refractivity (Wildman–Crippen MR) is 96.4 cm³/mol. The molecule has 0 aliphatic heterocycles. The van der Waals surface area contributed by atoms with E-state index in [1.165, 1.54) is 12.3 Å². The van der Waals surface area contributed by atoms with Gasteiger partial charge in [-0.15, -0.1) is 0 Å². The molecule has 1 aromatic rings. The van der Waals surface area contributed by atoms with E-state index in [1.54, 1.807) is 6.07 Å². The number of nitrogens with one attached hydrogen (secondary N) is 3. The fourth-order valence-electron chi connectivity index (χ4n) is 3.17. The van der Waals surface area contributed by atoms with Crippen LogP contribution in [-0.2, 0) is 9.59 Å². The number of rotatable bonds is 6. The Hall–Kier alpha value is -2.84. The molecule has 0 saturated heterocycles. The number of primary amides is 1. The molecular formula is C18H26N4O5. The van der Waals surface area contributed by atoms with Crippen LogP contribution in [0, 0.1) is 11.8 Å². The number of imide groups is 1. The van der Waals surface area contributed by atoms with Crippen molar-refractivity contribution in [3.8, 4) is 0 Å². The van der Waals surface area contributed by atoms with Crippen molar-refractivity contribution in [1.82, 2.24) is 16.0 Å². The van der Waals surface area contributed by atoms with Crippen molar-refractivity contribution in [2.24, 2.45) is 17.6 Å². The highest BCUT2D eigenvalue weighted by molar-refractivity contribution is 5.96. The van der Waals surface area contributed by atoms with Crippen molar-refractivity contribution < 1.29 is 23.6 Å². The molecule has 0 spiro atoms. The summed E-state index contributed by atoms with van der Waals surface area (Å²) < 4.78 is 5.05. The van der Waals surface area contributed by atoms with Gasteiger partial charge in [0.15, 0.2) is 5.76 Å². The van der Waals surface area contributed by atoms with Gasteiger partial charge >= 0.3 is 6.03 Å². The van der Waals surface area contributed by atoms with E-state index in [-0.39, 0.29) is 35.5 Å². The first-order valence-electron chi connectivity index (χ1n) is 9.03. The highest BCUT2D eigenvalue weighted by Gasteiger charge is 2.31. The van der Waals surface area contributed by atoms with Gasteiger partial charge in [0.25, 0.3) is 5.91 Å². The number of amides is 5. The topological polar surface area (TPSA) is 144 Å². The lowest BCUT2D eigenvalue weighted by atomic mass is 9.85. The molecule has 0 bridgehead atoms. The van der Waals surface area contributed by atoms with Gasteiger partial charge in [0.2, 0.25) is 11.8 Å². The Balaban J connectivity index is 1.86. The molecule has 9 heteroatoms. The van der Waals surface area contributed by atoms with Crippen molar-refractivity contribution in [3.63, 3.8) is 0 Å². The van der Waals surface area contributed by atoms with Crippen LogP contribution in [0.2, 0.25) is 0 Å². The molecule has 27 heavy (non-hydrogen) atoms. The molecule has 5 N–H and O–H groups in total. The third-order valence-corrected chi connectivity index (χ3v) is 4.67. The van der Waals surface area contributed by atoms with Crippen LogP contribution in [0.15, 0.2) is 22.8 Å². The molecule has 0 aromatic carbocycles. The maximum absolute atomic E-state index is 12.6. The van der Waals surface area contributed by atoms with Gasteiger partial charge in [-0.05, 0) is 43.7 Å². The largest absolute Gasteiger partial charge is 0.459 e. The molecule has 0 radical (unpaired) electrons. The van der Waals surface area contributed by atoms with Crippen LogP contribution in [0.5, 0.6) is 0 Å². The lowest BCUT2D eigenvalue weighted by Crippen LogP contribution is -2.53. The molecule has 1 aliphatic carbocycles. The molecule has 1 aliphatic rings. The number of hydrogen-bond acceptors (Lipinski definition) is 5. The van der Waals surface area contributed by atoms with Crippen molar-refractivity contribution in [1.29, 1.82) is 0 Å². The van der Waals surface area contributed by atoms with Crippen LogP contribution in [0.4, 0.5) is 4.79 Å². The maximum atomic E-state index is 12.6. The van der Waals surface area contributed by atoms with Crippen molar-refractivity contribution >= 4 is 23.8 Å². The van der Waals surface area contributed by atoms with Crippen molar-refractivity contribution in [2.45, 2.75) is 51.6 Å². The summed E-state index contributed by atoms with van der Waals surface area (Å²) in [4.78, 5) is 47.4. The fraction of sp³-hybridized carbons (Fsp3) is 0.556. The lowest BCUT2D eigenvalue weighted by Gasteiger charge is -2.30. The van der Waals surface area contributed by atoms with Gasteiger partial charge < -0.3 is 20.8 Å². The average Bonchev–Trinajstić information content (AvgIpc) is 3.13. The van der Waals surface area contributed by atoms with E-state index in [4.69, 9.17) is 10.2 Å². The highest BCUT2D eigenvalue weighted by Crippen LogP contribution is 2.24. The predicted octanol–water partition coefficient (Wildman–Crippen LogP) is 0.904. The van der Waals surface area contributed by atoms with Crippen LogP contribution in [-0.4, -0.2) is 35.8 Å². The minimum atomic E-state index is -0.859. The first kappa shape index (κ1) is 20.5. The Morgan fingerprint density at radius 1 is 1.15 bits per heavy atom. The van der Waals surface area contributed by atoms with E-state index >= 15 is 0 Å². The Morgan fingerprint density at radius 3 is 2.33 bits per heavy atom. The fourth-order valence-corrected chi connectivity index (χ4v) is 3.17. The number of furan rings is 1. The molecule has 1 heterocycles. The Labute approximate surface area is 157 Å². The monoisotopic (exact) mass is 378 g/mol. The molecule has 5 amide bonds. The SMILES string of the molecule is CC(C)[C@@H](NC(=O)c1ccco1)C(=O)NC1CCC(C(=O)NC(N)=O)CC1. The van der Waals surface area contributed by atoms with E-state index in [9.17, 15) is 19.2 Å². The summed E-state index contributed by atoms with van der Waals surface area (Å²) in [7, 11) is 0. The zero-order valence-corrected chi connectivity index (χ0v) is 15.5. The number of hydrogen-bond donors (Lipinski definition) is 4. The molecular weight excluding hydrogens is 352 g/mol. The molecule has 1 fully saturated rings. The molecule has 0 unspecified atom stereocenters. The molecule has 9 nitrogen and oxygen atoms in total. The molecule has 1 atom stereocenters. The van der Waals surface area contributed by atoms with Crippen molar-refractivity contribution in [2.75, 3.05) is 0 Å². The van der Waals surface area contributed by atoms with E-state index < -0.39 is 18.0 Å². The summed E-state index contributed by atoms with van der Waals surface area (Å²) in [6.07, 6.45) is 3.72. The first-order chi connectivity index (χ1) is 12.8. The van der Waals surface area contributed by atoms with Crippen LogP contribution in [0.3, 0.4) is 0 Å². The second kappa shape index (κ2) is 9.20. The highest BCUT2D eigenvalue weighted by atomic mass is 16.3. The van der Waals surface area contributed by atoms with Gasteiger partial charge in [-0.2, -0.15) is 0 Å². The maximum Gasteiger partial charge on any atom is 0.318 e. The minimum Gasteiger partial charge on any atom is -0.459 e. The van der Waals surface area contributed by atoms with Gasteiger partial charge in [0.1, 0.15) is 6.04 Å². The Morgan fingerprint density at radius 2 is 1.81 bits per heavy atom. The lowest BCUT2D eigenvalue weighted by molar-refractivity contribution is -0.125. The summed E-state index contributed by atoms with van der Waals surface area (Å²) in [5.74, 6) is -1.34. The Kier molecular flexibility index (Phi) is 6.98. The zero-order chi connectivity index (χ0) is 20.0. The molecule has 148 valence electrons. The number of carbonyl (C=O) groups excluding carboxylic acids is 4. The molecule has 2 rings (SSSR count). The average molecular weight is 378 g/mol. The van der Waals surface area contributed by atoms with E-state index in [0.717, 1.165) is 0 Å². The van der Waals surface area contributed by atoms with Gasteiger partial charge in [0, 0.05) is 12.0 Å². The summed E-state index contributed by atoms with van der Waals surface area (Å²) >= 11 is 0. The Bertz CT molecular complexity index is 678. The van der Waals surface area contributed by atoms with Crippen LogP contribution >= 0.6 is 0 Å². The van der Waals surface area contributed by atoms with Gasteiger partial charge in [-0.3, -0.25) is 19.7 Å². The van der Waals surface area contributed by atoms with E-state index in [0.29, 0.717) is 25.7 Å². The second-order valence-electron chi connectivity index (χ2n) is 7.08. The number of carbonyl (C=O) groups is 4. The van der Waals surface area contributed by atoms with Crippen molar-refractivity contribution in [3.05, 3.63) is 24.2 Å². The summed E-state index contributed by atoms with van der Waals surface area (Å²) in [6, 6.07) is 1.49. The van der Waals surface area contributed by atoms with Gasteiger partial charge in [-0.1, -0.05) is 13.8 Å². The second-order valence-corrected chi connectivity index (χ2v) is 7.08. The van der Waals surface area contributed by atoms with Crippen LogP contribution in [0.1, 0.15) is 50.1 Å². The van der Waals surface area contributed by atoms with Crippen LogP contribution < -0.4 is 21.7 Å².